The molecule has 0 bridgehead atoms. The Morgan fingerprint density at radius 1 is 1.35 bits per heavy atom. The van der Waals surface area contributed by atoms with Crippen molar-refractivity contribution >= 4 is 5.97 Å². The van der Waals surface area contributed by atoms with Crippen molar-refractivity contribution in [1.82, 2.24) is 0 Å². The molecule has 86 valence electrons. The van der Waals surface area contributed by atoms with Gasteiger partial charge < -0.3 is 9.47 Å². The lowest BCUT2D eigenvalue weighted by atomic mass is 10.2. The monoisotopic (exact) mass is 229 g/mol. The minimum absolute atomic E-state index is 0.351. The van der Waals surface area contributed by atoms with Crippen molar-refractivity contribution < 1.29 is 14.3 Å². The minimum atomic E-state index is -0.570. The summed E-state index contributed by atoms with van der Waals surface area (Å²) in [6.07, 6.45) is 0.351. The first-order valence-corrected chi connectivity index (χ1v) is 4.96. The quantitative estimate of drug-likeness (QED) is 0.447. The van der Waals surface area contributed by atoms with Crippen LogP contribution in [0.5, 0.6) is 5.75 Å². The molecule has 4 nitrogen and oxygen atoms in total. The Labute approximate surface area is 99.8 Å². The summed E-state index contributed by atoms with van der Waals surface area (Å²) < 4.78 is 9.68. The SMILES string of the molecule is COC(=O)C#Cc1ccc(OCCC#N)cc1. The van der Waals surface area contributed by atoms with E-state index in [2.05, 4.69) is 16.6 Å². The molecule has 1 rings (SSSR count). The molecule has 0 atom stereocenters. The first kappa shape index (κ1) is 12.6. The van der Waals surface area contributed by atoms with Crippen LogP contribution >= 0.6 is 0 Å². The number of hydrogen-bond donors (Lipinski definition) is 0. The van der Waals surface area contributed by atoms with Gasteiger partial charge in [0.05, 0.1) is 19.6 Å². The van der Waals surface area contributed by atoms with Crippen molar-refractivity contribution in [3.63, 3.8) is 0 Å². The van der Waals surface area contributed by atoms with E-state index in [1.165, 1.54) is 7.11 Å². The van der Waals surface area contributed by atoms with Crippen LogP contribution in [0.3, 0.4) is 0 Å². The molecule has 0 heterocycles. The minimum Gasteiger partial charge on any atom is -0.493 e. The van der Waals surface area contributed by atoms with Gasteiger partial charge in [-0.2, -0.15) is 5.26 Å². The van der Waals surface area contributed by atoms with Crippen LogP contribution in [-0.2, 0) is 9.53 Å². The molecular weight excluding hydrogens is 218 g/mol. The van der Waals surface area contributed by atoms with E-state index in [1.54, 1.807) is 24.3 Å². The predicted octanol–water partition coefficient (Wildman–Crippen LogP) is 1.50. The van der Waals surface area contributed by atoms with Crippen molar-refractivity contribution in [2.45, 2.75) is 6.42 Å². The van der Waals surface area contributed by atoms with Crippen molar-refractivity contribution in [2.24, 2.45) is 0 Å². The number of hydrogen-bond acceptors (Lipinski definition) is 4. The maximum absolute atomic E-state index is 10.8. The fourth-order valence-corrected chi connectivity index (χ4v) is 1.02. The Kier molecular flexibility index (Phi) is 5.13. The zero-order chi connectivity index (χ0) is 12.5. The molecule has 0 aliphatic rings. The fourth-order valence-electron chi connectivity index (χ4n) is 1.02. The second-order valence-electron chi connectivity index (χ2n) is 3.02. The molecule has 1 aromatic rings. The summed E-state index contributed by atoms with van der Waals surface area (Å²) in [5, 5.41) is 8.34. The molecule has 0 aliphatic heterocycles. The van der Waals surface area contributed by atoms with Crippen LogP contribution in [-0.4, -0.2) is 19.7 Å². The topological polar surface area (TPSA) is 59.3 Å². The molecule has 0 fully saturated rings. The largest absolute Gasteiger partial charge is 0.493 e. The van der Waals surface area contributed by atoms with Gasteiger partial charge in [-0.3, -0.25) is 0 Å². The van der Waals surface area contributed by atoms with Gasteiger partial charge in [-0.25, -0.2) is 4.79 Å². The van der Waals surface area contributed by atoms with Crippen LogP contribution in [0.4, 0.5) is 0 Å². The Hall–Kier alpha value is -2.46. The lowest BCUT2D eigenvalue weighted by molar-refractivity contribution is -0.133. The average Bonchev–Trinajstić information content (AvgIpc) is 2.37. The van der Waals surface area contributed by atoms with E-state index in [-0.39, 0.29) is 0 Å². The molecule has 0 unspecified atom stereocenters. The van der Waals surface area contributed by atoms with Gasteiger partial charge in [0.15, 0.2) is 0 Å². The number of ether oxygens (including phenoxy) is 2. The van der Waals surface area contributed by atoms with Crippen LogP contribution in [0.25, 0.3) is 0 Å². The van der Waals surface area contributed by atoms with E-state index in [1.807, 2.05) is 6.07 Å². The zero-order valence-corrected chi connectivity index (χ0v) is 9.40. The van der Waals surface area contributed by atoms with Crippen LogP contribution in [0.1, 0.15) is 12.0 Å². The van der Waals surface area contributed by atoms with Gasteiger partial charge in [0, 0.05) is 11.5 Å². The fraction of sp³-hybridized carbons (Fsp3) is 0.231. The number of esters is 1. The molecule has 0 radical (unpaired) electrons. The summed E-state index contributed by atoms with van der Waals surface area (Å²) in [4.78, 5) is 10.8. The number of rotatable bonds is 3. The Morgan fingerprint density at radius 2 is 2.06 bits per heavy atom. The third kappa shape index (κ3) is 4.72. The van der Waals surface area contributed by atoms with Crippen LogP contribution in [0.2, 0.25) is 0 Å². The summed E-state index contributed by atoms with van der Waals surface area (Å²) in [6, 6.07) is 8.93. The van der Waals surface area contributed by atoms with Crippen molar-refractivity contribution in [2.75, 3.05) is 13.7 Å². The van der Waals surface area contributed by atoms with E-state index < -0.39 is 5.97 Å². The number of methoxy groups -OCH3 is 1. The smallest absolute Gasteiger partial charge is 0.384 e. The van der Waals surface area contributed by atoms with Gasteiger partial charge in [-0.1, -0.05) is 5.92 Å². The van der Waals surface area contributed by atoms with E-state index in [9.17, 15) is 4.79 Å². The lowest BCUT2D eigenvalue weighted by Crippen LogP contribution is -1.96. The third-order valence-electron chi connectivity index (χ3n) is 1.83. The number of nitriles is 1. The van der Waals surface area contributed by atoms with Crippen molar-refractivity contribution in [1.29, 1.82) is 5.26 Å². The average molecular weight is 229 g/mol. The van der Waals surface area contributed by atoms with Gasteiger partial charge in [-0.15, -0.1) is 0 Å². The highest BCUT2D eigenvalue weighted by atomic mass is 16.5. The normalized spacial score (nSPS) is 8.47. The third-order valence-corrected chi connectivity index (χ3v) is 1.83. The highest BCUT2D eigenvalue weighted by Gasteiger charge is 1.94. The van der Waals surface area contributed by atoms with Gasteiger partial charge in [-0.05, 0) is 24.3 Å². The molecule has 1 aromatic carbocycles. The maximum Gasteiger partial charge on any atom is 0.384 e. The summed E-state index contributed by atoms with van der Waals surface area (Å²) in [6.45, 7) is 0.365. The highest BCUT2D eigenvalue weighted by molar-refractivity contribution is 5.88. The highest BCUT2D eigenvalue weighted by Crippen LogP contribution is 2.11. The summed E-state index contributed by atoms with van der Waals surface area (Å²) in [5.74, 6) is 5.08. The molecule has 0 aliphatic carbocycles. The molecule has 0 saturated heterocycles. The Balaban J connectivity index is 2.58. The van der Waals surface area contributed by atoms with Gasteiger partial charge in [0.2, 0.25) is 0 Å². The van der Waals surface area contributed by atoms with E-state index in [0.717, 1.165) is 0 Å². The molecule has 0 saturated carbocycles. The van der Waals surface area contributed by atoms with Crippen LogP contribution in [0.15, 0.2) is 24.3 Å². The molecule has 0 N–H and O–H groups in total. The Morgan fingerprint density at radius 3 is 2.65 bits per heavy atom. The van der Waals surface area contributed by atoms with E-state index in [0.29, 0.717) is 24.3 Å². The number of benzene rings is 1. The Bertz CT molecular complexity index is 474. The van der Waals surface area contributed by atoms with Crippen molar-refractivity contribution in [3.05, 3.63) is 29.8 Å². The van der Waals surface area contributed by atoms with Crippen molar-refractivity contribution in [3.8, 4) is 23.7 Å². The molecule has 0 amide bonds. The van der Waals surface area contributed by atoms with Crippen LogP contribution < -0.4 is 4.74 Å². The van der Waals surface area contributed by atoms with Crippen LogP contribution in [0, 0.1) is 23.2 Å². The van der Waals surface area contributed by atoms with E-state index >= 15 is 0 Å². The molecule has 0 spiro atoms. The maximum atomic E-state index is 10.8. The first-order chi connectivity index (χ1) is 8.26. The summed E-state index contributed by atoms with van der Waals surface area (Å²) >= 11 is 0. The summed E-state index contributed by atoms with van der Waals surface area (Å²) in [5.41, 5.74) is 0.697. The number of carbonyl (C=O) groups excluding carboxylic acids is 1. The summed E-state index contributed by atoms with van der Waals surface area (Å²) in [7, 11) is 1.28. The first-order valence-electron chi connectivity index (χ1n) is 4.96. The number of carbonyl (C=O) groups is 1. The second kappa shape index (κ2) is 6.92. The lowest BCUT2D eigenvalue weighted by Gasteiger charge is -2.02. The van der Waals surface area contributed by atoms with Gasteiger partial charge in [0.1, 0.15) is 12.4 Å². The zero-order valence-electron chi connectivity index (χ0n) is 9.40. The van der Waals surface area contributed by atoms with E-state index in [4.69, 9.17) is 10.00 Å². The molecule has 4 heteroatoms. The molecule has 17 heavy (non-hydrogen) atoms. The molecule has 0 aromatic heterocycles. The van der Waals surface area contributed by atoms with Gasteiger partial charge in [0.25, 0.3) is 0 Å². The second-order valence-corrected chi connectivity index (χ2v) is 3.02. The number of nitrogens with zero attached hydrogens (tertiary/aromatic N) is 1. The van der Waals surface area contributed by atoms with Gasteiger partial charge >= 0.3 is 5.97 Å². The molecular formula is C13H11NO3. The predicted molar refractivity (Wildman–Crippen MR) is 61.1 cm³/mol. The standard InChI is InChI=1S/C13H11NO3/c1-16-13(15)8-5-11-3-6-12(7-4-11)17-10-2-9-14/h3-4,6-7H,2,10H2,1H3.